The SMILES string of the molecule is O=C(Nc1ccccc1Sc1ccccc1)c1ccccc1I. The summed E-state index contributed by atoms with van der Waals surface area (Å²) in [5.74, 6) is -0.0869. The molecule has 0 aliphatic carbocycles. The first-order valence-electron chi connectivity index (χ1n) is 7.12. The Bertz CT molecular complexity index is 820. The summed E-state index contributed by atoms with van der Waals surface area (Å²) >= 11 is 3.82. The molecule has 0 aliphatic rings. The predicted molar refractivity (Wildman–Crippen MR) is 104 cm³/mol. The highest BCUT2D eigenvalue weighted by Gasteiger charge is 2.12. The zero-order chi connectivity index (χ0) is 16.1. The molecule has 0 aliphatic heterocycles. The van der Waals surface area contributed by atoms with Gasteiger partial charge in [-0.1, -0.05) is 54.2 Å². The van der Waals surface area contributed by atoms with Crippen molar-refractivity contribution in [2.24, 2.45) is 0 Å². The monoisotopic (exact) mass is 431 g/mol. The van der Waals surface area contributed by atoms with Crippen molar-refractivity contribution in [2.75, 3.05) is 5.32 Å². The predicted octanol–water partition coefficient (Wildman–Crippen LogP) is 5.69. The van der Waals surface area contributed by atoms with Gasteiger partial charge in [-0.2, -0.15) is 0 Å². The van der Waals surface area contributed by atoms with Gasteiger partial charge in [0.1, 0.15) is 0 Å². The van der Waals surface area contributed by atoms with Crippen molar-refractivity contribution < 1.29 is 4.79 Å². The summed E-state index contributed by atoms with van der Waals surface area (Å²) in [5.41, 5.74) is 1.51. The molecule has 0 atom stereocenters. The fourth-order valence-corrected chi connectivity index (χ4v) is 3.66. The fourth-order valence-electron chi connectivity index (χ4n) is 2.11. The van der Waals surface area contributed by atoms with Gasteiger partial charge in [-0.25, -0.2) is 0 Å². The van der Waals surface area contributed by atoms with E-state index in [-0.39, 0.29) is 5.91 Å². The Balaban J connectivity index is 1.84. The van der Waals surface area contributed by atoms with E-state index in [1.54, 1.807) is 11.8 Å². The van der Waals surface area contributed by atoms with Gasteiger partial charge in [-0.3, -0.25) is 4.79 Å². The van der Waals surface area contributed by atoms with Crippen LogP contribution in [0.2, 0.25) is 0 Å². The molecular formula is C19H14INOS. The summed E-state index contributed by atoms with van der Waals surface area (Å²) in [6.45, 7) is 0. The van der Waals surface area contributed by atoms with E-state index in [1.165, 1.54) is 0 Å². The largest absolute Gasteiger partial charge is 0.321 e. The van der Waals surface area contributed by atoms with Gasteiger partial charge in [0.05, 0.1) is 11.3 Å². The number of hydrogen-bond acceptors (Lipinski definition) is 2. The number of para-hydroxylation sites is 1. The molecule has 0 radical (unpaired) electrons. The second-order valence-corrected chi connectivity index (χ2v) is 7.12. The van der Waals surface area contributed by atoms with Crippen LogP contribution in [0.4, 0.5) is 5.69 Å². The Hall–Kier alpha value is -1.79. The van der Waals surface area contributed by atoms with Crippen molar-refractivity contribution in [1.82, 2.24) is 0 Å². The third-order valence-electron chi connectivity index (χ3n) is 3.22. The Labute approximate surface area is 153 Å². The van der Waals surface area contributed by atoms with Gasteiger partial charge in [0.2, 0.25) is 0 Å². The molecule has 114 valence electrons. The lowest BCUT2D eigenvalue weighted by molar-refractivity contribution is 0.102. The lowest BCUT2D eigenvalue weighted by atomic mass is 10.2. The quantitative estimate of drug-likeness (QED) is 0.538. The van der Waals surface area contributed by atoms with Gasteiger partial charge in [0.15, 0.2) is 0 Å². The molecule has 3 aromatic rings. The summed E-state index contributed by atoms with van der Waals surface area (Å²) in [6.07, 6.45) is 0. The minimum atomic E-state index is -0.0869. The summed E-state index contributed by atoms with van der Waals surface area (Å²) in [5, 5.41) is 3.02. The van der Waals surface area contributed by atoms with Gasteiger partial charge in [-0.15, -0.1) is 0 Å². The molecule has 1 amide bonds. The normalized spacial score (nSPS) is 10.3. The van der Waals surface area contributed by atoms with Crippen LogP contribution in [0.5, 0.6) is 0 Å². The van der Waals surface area contributed by atoms with E-state index in [0.717, 1.165) is 19.0 Å². The van der Waals surface area contributed by atoms with Crippen molar-refractivity contribution in [3.05, 3.63) is 88.0 Å². The van der Waals surface area contributed by atoms with Gasteiger partial charge in [0, 0.05) is 13.4 Å². The molecule has 1 N–H and O–H groups in total. The molecule has 0 heterocycles. The number of halogens is 1. The first-order chi connectivity index (χ1) is 11.2. The average Bonchev–Trinajstić information content (AvgIpc) is 2.58. The zero-order valence-corrected chi connectivity index (χ0v) is 15.2. The molecule has 3 rings (SSSR count). The maximum absolute atomic E-state index is 12.5. The van der Waals surface area contributed by atoms with Crippen LogP contribution in [0.3, 0.4) is 0 Å². The second-order valence-electron chi connectivity index (χ2n) is 4.85. The summed E-state index contributed by atoms with van der Waals surface area (Å²) in [4.78, 5) is 14.7. The zero-order valence-electron chi connectivity index (χ0n) is 12.2. The Kier molecular flexibility index (Phi) is 5.35. The van der Waals surface area contributed by atoms with Crippen LogP contribution in [0.1, 0.15) is 10.4 Å². The molecule has 0 bridgehead atoms. The van der Waals surface area contributed by atoms with Crippen molar-refractivity contribution in [2.45, 2.75) is 9.79 Å². The topological polar surface area (TPSA) is 29.1 Å². The van der Waals surface area contributed by atoms with Crippen molar-refractivity contribution in [3.8, 4) is 0 Å². The van der Waals surface area contributed by atoms with Gasteiger partial charge in [-0.05, 0) is 59.0 Å². The number of anilines is 1. The lowest BCUT2D eigenvalue weighted by Gasteiger charge is -2.11. The number of hydrogen-bond donors (Lipinski definition) is 1. The highest BCUT2D eigenvalue weighted by molar-refractivity contribution is 14.1. The maximum Gasteiger partial charge on any atom is 0.256 e. The Morgan fingerprint density at radius 2 is 1.48 bits per heavy atom. The van der Waals surface area contributed by atoms with Crippen LogP contribution >= 0.6 is 34.4 Å². The molecule has 0 fully saturated rings. The fraction of sp³-hybridized carbons (Fsp3) is 0. The standard InChI is InChI=1S/C19H14INOS/c20-16-11-5-4-10-15(16)19(22)21-17-12-6-7-13-18(17)23-14-8-2-1-3-9-14/h1-13H,(H,21,22). The van der Waals surface area contributed by atoms with E-state index in [2.05, 4.69) is 40.0 Å². The second kappa shape index (κ2) is 7.66. The van der Waals surface area contributed by atoms with Crippen LogP contribution in [-0.2, 0) is 0 Å². The number of carbonyl (C=O) groups excluding carboxylic acids is 1. The van der Waals surface area contributed by atoms with E-state index in [9.17, 15) is 4.79 Å². The van der Waals surface area contributed by atoms with Crippen LogP contribution < -0.4 is 5.32 Å². The molecule has 0 aromatic heterocycles. The Morgan fingerprint density at radius 1 is 0.826 bits per heavy atom. The van der Waals surface area contributed by atoms with E-state index >= 15 is 0 Å². The minimum Gasteiger partial charge on any atom is -0.321 e. The number of nitrogens with one attached hydrogen (secondary N) is 1. The molecule has 2 nitrogen and oxygen atoms in total. The van der Waals surface area contributed by atoms with Crippen molar-refractivity contribution in [1.29, 1.82) is 0 Å². The summed E-state index contributed by atoms with van der Waals surface area (Å²) < 4.78 is 0.941. The molecule has 23 heavy (non-hydrogen) atoms. The van der Waals surface area contributed by atoms with Gasteiger partial charge in [0.25, 0.3) is 5.91 Å². The van der Waals surface area contributed by atoms with E-state index in [0.29, 0.717) is 5.56 Å². The number of benzene rings is 3. The van der Waals surface area contributed by atoms with E-state index < -0.39 is 0 Å². The highest BCUT2D eigenvalue weighted by Crippen LogP contribution is 2.33. The third kappa shape index (κ3) is 4.14. The number of carbonyl (C=O) groups is 1. The first-order valence-corrected chi connectivity index (χ1v) is 9.01. The van der Waals surface area contributed by atoms with Crippen LogP contribution in [-0.4, -0.2) is 5.91 Å². The van der Waals surface area contributed by atoms with Crippen molar-refractivity contribution in [3.63, 3.8) is 0 Å². The minimum absolute atomic E-state index is 0.0869. The third-order valence-corrected chi connectivity index (χ3v) is 5.25. The van der Waals surface area contributed by atoms with Crippen LogP contribution in [0, 0.1) is 3.57 Å². The molecule has 0 saturated carbocycles. The van der Waals surface area contributed by atoms with Gasteiger partial charge >= 0.3 is 0 Å². The molecule has 3 aromatic carbocycles. The van der Waals surface area contributed by atoms with E-state index in [1.807, 2.05) is 66.7 Å². The average molecular weight is 431 g/mol. The van der Waals surface area contributed by atoms with Gasteiger partial charge < -0.3 is 5.32 Å². The number of amides is 1. The first kappa shape index (κ1) is 16.1. The lowest BCUT2D eigenvalue weighted by Crippen LogP contribution is -2.13. The smallest absolute Gasteiger partial charge is 0.256 e. The Morgan fingerprint density at radius 3 is 2.26 bits per heavy atom. The van der Waals surface area contributed by atoms with Crippen LogP contribution in [0.25, 0.3) is 0 Å². The molecule has 4 heteroatoms. The maximum atomic E-state index is 12.5. The molecule has 0 spiro atoms. The molecule has 0 saturated heterocycles. The number of rotatable bonds is 4. The van der Waals surface area contributed by atoms with E-state index in [4.69, 9.17) is 0 Å². The highest BCUT2D eigenvalue weighted by atomic mass is 127. The summed E-state index contributed by atoms with van der Waals surface area (Å²) in [6, 6.07) is 25.6. The van der Waals surface area contributed by atoms with Crippen LogP contribution in [0.15, 0.2) is 88.7 Å². The molecule has 0 unspecified atom stereocenters. The summed E-state index contributed by atoms with van der Waals surface area (Å²) in [7, 11) is 0. The van der Waals surface area contributed by atoms with Crippen molar-refractivity contribution >= 4 is 45.9 Å². The molecular weight excluding hydrogens is 417 g/mol.